The average molecular weight is 384 g/mol. The zero-order valence-corrected chi connectivity index (χ0v) is 15.1. The first-order valence-electron chi connectivity index (χ1n) is 7.58. The van der Waals surface area contributed by atoms with Crippen LogP contribution in [0.3, 0.4) is 0 Å². The molecule has 6 nitrogen and oxygen atoms in total. The second-order valence-corrected chi connectivity index (χ2v) is 9.50. The third-order valence-electron chi connectivity index (χ3n) is 3.98. The molecule has 0 saturated carbocycles. The molecule has 0 bridgehead atoms. The lowest BCUT2D eigenvalue weighted by Gasteiger charge is -2.19. The molecule has 1 aliphatic rings. The highest BCUT2D eigenvalue weighted by Crippen LogP contribution is 2.29. The molecule has 2 aromatic rings. The molecule has 1 heterocycles. The first kappa shape index (κ1) is 17.7. The average Bonchev–Trinajstić information content (AvgIpc) is 2.89. The van der Waals surface area contributed by atoms with Gasteiger partial charge < -0.3 is 0 Å². The van der Waals surface area contributed by atoms with Crippen LogP contribution in [0.2, 0.25) is 0 Å². The molecule has 3 rings (SSSR count). The molecule has 0 aliphatic carbocycles. The van der Waals surface area contributed by atoms with Crippen molar-refractivity contribution in [1.82, 2.24) is 0 Å². The molecule has 1 aliphatic heterocycles. The fourth-order valence-electron chi connectivity index (χ4n) is 2.62. The van der Waals surface area contributed by atoms with Gasteiger partial charge in [0.1, 0.15) is 5.82 Å². The van der Waals surface area contributed by atoms with Crippen molar-refractivity contribution in [2.45, 2.75) is 18.2 Å². The van der Waals surface area contributed by atoms with Crippen molar-refractivity contribution < 1.29 is 21.2 Å². The summed E-state index contributed by atoms with van der Waals surface area (Å²) in [4.78, 5) is -0.0764. The fraction of sp³-hybridized carbons (Fsp3) is 0.250. The Balaban J connectivity index is 1.95. The highest BCUT2D eigenvalue weighted by atomic mass is 32.2. The Morgan fingerprint density at radius 1 is 1.12 bits per heavy atom. The molecule has 2 aromatic carbocycles. The summed E-state index contributed by atoms with van der Waals surface area (Å²) in [6.07, 6.45) is 0.535. The number of rotatable bonds is 4. The number of benzene rings is 2. The van der Waals surface area contributed by atoms with E-state index in [1.807, 2.05) is 0 Å². The maximum atomic E-state index is 13.0. The molecule has 25 heavy (non-hydrogen) atoms. The Morgan fingerprint density at radius 2 is 1.80 bits per heavy atom. The summed E-state index contributed by atoms with van der Waals surface area (Å²) in [5.74, 6) is -0.450. The minimum Gasteiger partial charge on any atom is -0.279 e. The summed E-state index contributed by atoms with van der Waals surface area (Å²) in [6.45, 7) is 2.08. The van der Waals surface area contributed by atoms with Gasteiger partial charge in [0.05, 0.1) is 22.0 Å². The van der Waals surface area contributed by atoms with Gasteiger partial charge in [0.25, 0.3) is 10.0 Å². The van der Waals surface area contributed by atoms with Crippen molar-refractivity contribution >= 4 is 31.4 Å². The van der Waals surface area contributed by atoms with E-state index in [-0.39, 0.29) is 16.3 Å². The van der Waals surface area contributed by atoms with Crippen LogP contribution in [-0.2, 0) is 20.0 Å². The first-order valence-corrected chi connectivity index (χ1v) is 10.7. The van der Waals surface area contributed by atoms with Gasteiger partial charge >= 0.3 is 0 Å². The molecule has 0 spiro atoms. The van der Waals surface area contributed by atoms with Crippen molar-refractivity contribution in [2.24, 2.45) is 0 Å². The van der Waals surface area contributed by atoms with Crippen molar-refractivity contribution in [2.75, 3.05) is 21.3 Å². The fourth-order valence-corrected chi connectivity index (χ4v) is 5.30. The number of aryl methyl sites for hydroxylation is 1. The molecule has 1 saturated heterocycles. The lowest BCUT2D eigenvalue weighted by molar-refractivity contribution is 0.598. The van der Waals surface area contributed by atoms with Gasteiger partial charge in [-0.3, -0.25) is 9.03 Å². The number of anilines is 2. The van der Waals surface area contributed by atoms with E-state index in [0.29, 0.717) is 24.2 Å². The van der Waals surface area contributed by atoms with Crippen molar-refractivity contribution in [3.8, 4) is 0 Å². The number of hydrogen-bond acceptors (Lipinski definition) is 4. The van der Waals surface area contributed by atoms with Crippen LogP contribution in [0.25, 0.3) is 0 Å². The topological polar surface area (TPSA) is 83.6 Å². The Hall–Kier alpha value is -2.13. The number of halogens is 1. The predicted octanol–water partition coefficient (Wildman–Crippen LogP) is 2.47. The van der Waals surface area contributed by atoms with Gasteiger partial charge in [-0.1, -0.05) is 6.07 Å². The number of sulfonamides is 2. The molecule has 0 atom stereocenters. The molecule has 0 aromatic heterocycles. The maximum absolute atomic E-state index is 13.0. The van der Waals surface area contributed by atoms with Gasteiger partial charge in [0.15, 0.2) is 0 Å². The highest BCUT2D eigenvalue weighted by Gasteiger charge is 2.29. The SMILES string of the molecule is Cc1ccc(N2CCCS2(=O)=O)cc1NS(=O)(=O)c1ccc(F)cc1. The standard InChI is InChI=1S/C16H17FN2O4S2/c1-12-3-6-14(19-9-2-10-24(19,20)21)11-16(12)18-25(22,23)15-7-4-13(17)5-8-15/h3-8,11,18H,2,9-10H2,1H3. The summed E-state index contributed by atoms with van der Waals surface area (Å²) in [5, 5.41) is 0. The molecule has 0 amide bonds. The molecular formula is C16H17FN2O4S2. The molecular weight excluding hydrogens is 367 g/mol. The summed E-state index contributed by atoms with van der Waals surface area (Å²) in [5.41, 5.74) is 1.34. The molecule has 1 N–H and O–H groups in total. The Bertz CT molecular complexity index is 1000. The predicted molar refractivity (Wildman–Crippen MR) is 94.1 cm³/mol. The Labute approximate surface area is 146 Å². The third-order valence-corrected chi connectivity index (χ3v) is 7.23. The van der Waals surface area contributed by atoms with E-state index in [9.17, 15) is 21.2 Å². The quantitative estimate of drug-likeness (QED) is 0.878. The van der Waals surface area contributed by atoms with Gasteiger partial charge in [0.2, 0.25) is 10.0 Å². The normalized spacial score (nSPS) is 16.8. The van der Waals surface area contributed by atoms with Crippen molar-refractivity contribution in [3.63, 3.8) is 0 Å². The summed E-state index contributed by atoms with van der Waals surface area (Å²) in [6, 6.07) is 9.27. The van der Waals surface area contributed by atoms with Gasteiger partial charge in [-0.15, -0.1) is 0 Å². The van der Waals surface area contributed by atoms with Gasteiger partial charge in [-0.2, -0.15) is 0 Å². The van der Waals surface area contributed by atoms with Crippen LogP contribution in [0, 0.1) is 12.7 Å². The van der Waals surface area contributed by atoms with E-state index in [2.05, 4.69) is 4.72 Å². The van der Waals surface area contributed by atoms with Gasteiger partial charge in [-0.05, 0) is 55.3 Å². The van der Waals surface area contributed by atoms with E-state index in [0.717, 1.165) is 12.1 Å². The van der Waals surface area contributed by atoms with E-state index < -0.39 is 25.9 Å². The van der Waals surface area contributed by atoms with Crippen molar-refractivity contribution in [3.05, 3.63) is 53.8 Å². The minimum atomic E-state index is -3.91. The summed E-state index contributed by atoms with van der Waals surface area (Å²) < 4.78 is 65.7. The van der Waals surface area contributed by atoms with Crippen LogP contribution in [0.15, 0.2) is 47.4 Å². The first-order chi connectivity index (χ1) is 11.7. The molecule has 9 heteroatoms. The van der Waals surface area contributed by atoms with E-state index >= 15 is 0 Å². The lowest BCUT2D eigenvalue weighted by atomic mass is 10.2. The van der Waals surface area contributed by atoms with Crippen LogP contribution in [0.1, 0.15) is 12.0 Å². The second kappa shape index (κ2) is 6.30. The van der Waals surface area contributed by atoms with Crippen LogP contribution in [-0.4, -0.2) is 29.1 Å². The zero-order valence-electron chi connectivity index (χ0n) is 13.4. The number of hydrogen-bond donors (Lipinski definition) is 1. The largest absolute Gasteiger partial charge is 0.279 e. The van der Waals surface area contributed by atoms with Crippen molar-refractivity contribution in [1.29, 1.82) is 0 Å². The molecule has 1 fully saturated rings. The highest BCUT2D eigenvalue weighted by molar-refractivity contribution is 7.93. The lowest BCUT2D eigenvalue weighted by Crippen LogP contribution is -2.25. The van der Waals surface area contributed by atoms with Gasteiger partial charge in [0, 0.05) is 6.54 Å². The Kier molecular flexibility index (Phi) is 4.46. The molecule has 0 radical (unpaired) electrons. The Morgan fingerprint density at radius 3 is 2.40 bits per heavy atom. The van der Waals surface area contributed by atoms with E-state index in [1.54, 1.807) is 19.1 Å². The second-order valence-electron chi connectivity index (χ2n) is 5.80. The number of nitrogens with one attached hydrogen (secondary N) is 1. The van der Waals surface area contributed by atoms with Crippen LogP contribution in [0.4, 0.5) is 15.8 Å². The minimum absolute atomic E-state index is 0.0764. The maximum Gasteiger partial charge on any atom is 0.261 e. The van der Waals surface area contributed by atoms with Crippen LogP contribution in [0.5, 0.6) is 0 Å². The molecule has 0 unspecified atom stereocenters. The smallest absolute Gasteiger partial charge is 0.261 e. The van der Waals surface area contributed by atoms with E-state index in [1.165, 1.54) is 22.5 Å². The summed E-state index contributed by atoms with van der Waals surface area (Å²) in [7, 11) is -7.26. The zero-order chi connectivity index (χ0) is 18.2. The number of nitrogens with zero attached hydrogens (tertiary/aromatic N) is 1. The summed E-state index contributed by atoms with van der Waals surface area (Å²) >= 11 is 0. The monoisotopic (exact) mass is 384 g/mol. The van der Waals surface area contributed by atoms with Gasteiger partial charge in [-0.25, -0.2) is 21.2 Å². The van der Waals surface area contributed by atoms with E-state index in [4.69, 9.17) is 0 Å². The van der Waals surface area contributed by atoms with Crippen LogP contribution >= 0.6 is 0 Å². The third kappa shape index (κ3) is 3.62. The molecule has 134 valence electrons. The van der Waals surface area contributed by atoms with Crippen LogP contribution < -0.4 is 9.03 Å².